The van der Waals surface area contributed by atoms with Crippen LogP contribution in [-0.4, -0.2) is 11.1 Å². The smallest absolute Gasteiger partial charge is 0.336 e. The van der Waals surface area contributed by atoms with Gasteiger partial charge in [-0.25, -0.2) is 9.18 Å². The molecule has 5 heteroatoms. The highest BCUT2D eigenvalue weighted by Gasteiger charge is 2.16. The number of alkyl halides is 1. The molecule has 0 saturated carbocycles. The largest absolute Gasteiger partial charge is 0.478 e. The van der Waals surface area contributed by atoms with Crippen molar-refractivity contribution in [3.05, 3.63) is 34.6 Å². The Morgan fingerprint density at radius 3 is 2.71 bits per heavy atom. The molecule has 0 aliphatic carbocycles. The first kappa shape index (κ1) is 10.5. The minimum Gasteiger partial charge on any atom is -0.478 e. The average molecular weight is 214 g/mol. The highest BCUT2D eigenvalue weighted by Crippen LogP contribution is 2.19. The van der Waals surface area contributed by atoms with Gasteiger partial charge in [0, 0.05) is 11.4 Å². The van der Waals surface area contributed by atoms with Crippen LogP contribution in [0.1, 0.15) is 21.5 Å². The van der Waals surface area contributed by atoms with Crippen LogP contribution >= 0.6 is 11.6 Å². The number of halogens is 2. The number of aromatic carboxylic acids is 1. The molecule has 0 radical (unpaired) electrons. The van der Waals surface area contributed by atoms with Crippen LogP contribution in [0.3, 0.4) is 0 Å². The molecule has 0 fully saturated rings. The summed E-state index contributed by atoms with van der Waals surface area (Å²) in [7, 11) is 0. The van der Waals surface area contributed by atoms with Gasteiger partial charge in [0.2, 0.25) is 0 Å². The zero-order valence-electron chi connectivity index (χ0n) is 6.92. The number of hydrogen-bond acceptors (Lipinski definition) is 2. The van der Waals surface area contributed by atoms with Crippen molar-refractivity contribution in [2.24, 2.45) is 0 Å². The monoisotopic (exact) mass is 213 g/mol. The van der Waals surface area contributed by atoms with E-state index in [0.29, 0.717) is 0 Å². The standard InChI is InChI=1S/C9H5ClFNO2/c10-3-6-5(9(13)14)1-2-8(11)7(6)4-12/h1-2H,3H2,(H,13,14). The van der Waals surface area contributed by atoms with E-state index in [9.17, 15) is 9.18 Å². The van der Waals surface area contributed by atoms with E-state index in [1.165, 1.54) is 0 Å². The number of carbonyl (C=O) groups is 1. The molecule has 0 heterocycles. The van der Waals surface area contributed by atoms with Gasteiger partial charge in [-0.3, -0.25) is 0 Å². The molecule has 14 heavy (non-hydrogen) atoms. The number of benzene rings is 1. The summed E-state index contributed by atoms with van der Waals surface area (Å²) < 4.78 is 13.0. The molecule has 0 saturated heterocycles. The lowest BCUT2D eigenvalue weighted by Crippen LogP contribution is -2.05. The van der Waals surface area contributed by atoms with Gasteiger partial charge in [-0.15, -0.1) is 11.6 Å². The summed E-state index contributed by atoms with van der Waals surface area (Å²) in [4.78, 5) is 10.7. The molecule has 0 atom stereocenters. The van der Waals surface area contributed by atoms with E-state index in [-0.39, 0.29) is 22.6 Å². The Kier molecular flexibility index (Phi) is 3.05. The normalized spacial score (nSPS) is 9.50. The molecule has 0 amide bonds. The van der Waals surface area contributed by atoms with Crippen LogP contribution in [-0.2, 0) is 5.88 Å². The van der Waals surface area contributed by atoms with E-state index in [1.807, 2.05) is 0 Å². The van der Waals surface area contributed by atoms with Gasteiger partial charge in [-0.2, -0.15) is 5.26 Å². The fourth-order valence-corrected chi connectivity index (χ4v) is 1.36. The van der Waals surface area contributed by atoms with Crippen LogP contribution in [0.5, 0.6) is 0 Å². The second kappa shape index (κ2) is 4.07. The molecule has 0 aromatic heterocycles. The molecule has 0 unspecified atom stereocenters. The van der Waals surface area contributed by atoms with Crippen LogP contribution in [0, 0.1) is 17.1 Å². The molecule has 0 bridgehead atoms. The Labute approximate surface area is 84.3 Å². The summed E-state index contributed by atoms with van der Waals surface area (Å²) >= 11 is 5.45. The SMILES string of the molecule is N#Cc1c(F)ccc(C(=O)O)c1CCl. The lowest BCUT2D eigenvalue weighted by atomic mass is 10.0. The number of carboxylic acid groups (broad SMARTS) is 1. The zero-order chi connectivity index (χ0) is 10.7. The van der Waals surface area contributed by atoms with Gasteiger partial charge in [0.1, 0.15) is 11.9 Å². The summed E-state index contributed by atoms with van der Waals surface area (Å²) in [5.74, 6) is -2.19. The lowest BCUT2D eigenvalue weighted by molar-refractivity contribution is 0.0696. The Bertz CT molecular complexity index is 426. The molecular weight excluding hydrogens is 209 g/mol. The lowest BCUT2D eigenvalue weighted by Gasteiger charge is -2.04. The number of rotatable bonds is 2. The van der Waals surface area contributed by atoms with Gasteiger partial charge >= 0.3 is 5.97 Å². The van der Waals surface area contributed by atoms with Crippen LogP contribution in [0.4, 0.5) is 4.39 Å². The van der Waals surface area contributed by atoms with E-state index < -0.39 is 11.8 Å². The van der Waals surface area contributed by atoms with E-state index in [1.54, 1.807) is 6.07 Å². The maximum atomic E-state index is 13.0. The first-order valence-electron chi connectivity index (χ1n) is 3.62. The van der Waals surface area contributed by atoms with Crippen molar-refractivity contribution in [1.29, 1.82) is 5.26 Å². The van der Waals surface area contributed by atoms with Crippen LogP contribution in [0.15, 0.2) is 12.1 Å². The Balaban J connectivity index is 3.50. The maximum absolute atomic E-state index is 13.0. The molecular formula is C9H5ClFNO2. The predicted molar refractivity (Wildman–Crippen MR) is 47.6 cm³/mol. The van der Waals surface area contributed by atoms with Gasteiger partial charge in [-0.1, -0.05) is 0 Å². The number of carboxylic acids is 1. The molecule has 0 aliphatic rings. The summed E-state index contributed by atoms with van der Waals surface area (Å²) in [5, 5.41) is 17.3. The van der Waals surface area contributed by atoms with E-state index in [2.05, 4.69) is 0 Å². The van der Waals surface area contributed by atoms with Crippen molar-refractivity contribution >= 4 is 17.6 Å². The highest BCUT2D eigenvalue weighted by molar-refractivity contribution is 6.17. The quantitative estimate of drug-likeness (QED) is 0.766. The second-order valence-electron chi connectivity index (χ2n) is 2.50. The predicted octanol–water partition coefficient (Wildman–Crippen LogP) is 2.13. The second-order valence-corrected chi connectivity index (χ2v) is 2.77. The third-order valence-electron chi connectivity index (χ3n) is 1.74. The van der Waals surface area contributed by atoms with Gasteiger partial charge in [0.15, 0.2) is 0 Å². The topological polar surface area (TPSA) is 61.1 Å². The summed E-state index contributed by atoms with van der Waals surface area (Å²) in [5.41, 5.74) is -0.431. The van der Waals surface area contributed by atoms with Gasteiger partial charge in [0.25, 0.3) is 0 Å². The first-order chi connectivity index (χ1) is 6.61. The minimum absolute atomic E-state index is 0.0154. The average Bonchev–Trinajstić information content (AvgIpc) is 2.16. The molecule has 3 nitrogen and oxygen atoms in total. The van der Waals surface area contributed by atoms with Gasteiger partial charge in [-0.05, 0) is 12.1 Å². The minimum atomic E-state index is -1.22. The molecule has 1 aromatic carbocycles. The van der Waals surface area contributed by atoms with Crippen LogP contribution in [0.2, 0.25) is 0 Å². The van der Waals surface area contributed by atoms with E-state index in [0.717, 1.165) is 12.1 Å². The fourth-order valence-electron chi connectivity index (χ4n) is 1.08. The van der Waals surface area contributed by atoms with Crippen molar-refractivity contribution < 1.29 is 14.3 Å². The highest BCUT2D eigenvalue weighted by atomic mass is 35.5. The Hall–Kier alpha value is -1.60. The maximum Gasteiger partial charge on any atom is 0.336 e. The number of hydrogen-bond donors (Lipinski definition) is 1. The van der Waals surface area contributed by atoms with E-state index in [4.69, 9.17) is 22.0 Å². The van der Waals surface area contributed by atoms with Crippen molar-refractivity contribution in [2.45, 2.75) is 5.88 Å². The van der Waals surface area contributed by atoms with Crippen LogP contribution < -0.4 is 0 Å². The third-order valence-corrected chi connectivity index (χ3v) is 2.01. The zero-order valence-corrected chi connectivity index (χ0v) is 7.68. The fraction of sp³-hybridized carbons (Fsp3) is 0.111. The first-order valence-corrected chi connectivity index (χ1v) is 4.16. The molecule has 1 rings (SSSR count). The van der Waals surface area contributed by atoms with Crippen molar-refractivity contribution in [3.63, 3.8) is 0 Å². The molecule has 1 N–H and O–H groups in total. The van der Waals surface area contributed by atoms with Crippen molar-refractivity contribution in [2.75, 3.05) is 0 Å². The molecule has 1 aromatic rings. The van der Waals surface area contributed by atoms with Crippen molar-refractivity contribution in [3.8, 4) is 6.07 Å². The molecule has 0 spiro atoms. The number of nitriles is 1. The molecule has 72 valence electrons. The van der Waals surface area contributed by atoms with Crippen molar-refractivity contribution in [1.82, 2.24) is 0 Å². The van der Waals surface area contributed by atoms with Gasteiger partial charge in [0.05, 0.1) is 11.1 Å². The number of nitrogens with zero attached hydrogens (tertiary/aromatic N) is 1. The van der Waals surface area contributed by atoms with E-state index >= 15 is 0 Å². The summed E-state index contributed by atoms with van der Waals surface area (Å²) in [6.07, 6.45) is 0. The third kappa shape index (κ3) is 1.68. The summed E-state index contributed by atoms with van der Waals surface area (Å²) in [6, 6.07) is 3.62. The van der Waals surface area contributed by atoms with Gasteiger partial charge < -0.3 is 5.11 Å². The summed E-state index contributed by atoms with van der Waals surface area (Å²) in [6.45, 7) is 0. The Morgan fingerprint density at radius 2 is 2.29 bits per heavy atom. The molecule has 0 aliphatic heterocycles. The van der Waals surface area contributed by atoms with Crippen LogP contribution in [0.25, 0.3) is 0 Å². The Morgan fingerprint density at radius 1 is 1.64 bits per heavy atom.